The van der Waals surface area contributed by atoms with Crippen LogP contribution in [0, 0.1) is 11.8 Å². The van der Waals surface area contributed by atoms with Crippen LogP contribution in [0.2, 0.25) is 0 Å². The van der Waals surface area contributed by atoms with E-state index in [1.807, 2.05) is 35.9 Å². The second-order valence-corrected chi connectivity index (χ2v) is 9.94. The molecule has 4 aliphatic rings. The lowest BCUT2D eigenvalue weighted by Gasteiger charge is -2.16. The van der Waals surface area contributed by atoms with Crippen LogP contribution in [0.5, 0.6) is 0 Å². The number of esters is 1. The zero-order valence-corrected chi connectivity index (χ0v) is 14.2. The van der Waals surface area contributed by atoms with Gasteiger partial charge in [-0.2, -0.15) is 0 Å². The second-order valence-electron chi connectivity index (χ2n) is 5.11. The SMILES string of the molecule is CCOC(=O)C1=CSC(=C2SC3C4C=CC(C4)C3S2)S1. The summed E-state index contributed by atoms with van der Waals surface area (Å²) >= 11 is 7.33. The van der Waals surface area contributed by atoms with E-state index in [2.05, 4.69) is 12.2 Å². The van der Waals surface area contributed by atoms with Crippen LogP contribution in [-0.4, -0.2) is 23.1 Å². The van der Waals surface area contributed by atoms with Crippen molar-refractivity contribution in [1.82, 2.24) is 0 Å². The molecule has 20 heavy (non-hydrogen) atoms. The summed E-state index contributed by atoms with van der Waals surface area (Å²) in [7, 11) is 0. The Bertz CT molecular complexity index is 529. The highest BCUT2D eigenvalue weighted by atomic mass is 32.2. The lowest BCUT2D eigenvalue weighted by Crippen LogP contribution is -2.19. The highest BCUT2D eigenvalue weighted by Crippen LogP contribution is 2.64. The zero-order valence-electron chi connectivity index (χ0n) is 10.9. The Balaban J connectivity index is 1.47. The zero-order chi connectivity index (χ0) is 13.7. The quantitative estimate of drug-likeness (QED) is 0.544. The molecule has 2 nitrogen and oxygen atoms in total. The fourth-order valence-corrected chi connectivity index (χ4v) is 9.27. The third kappa shape index (κ3) is 2.19. The molecule has 4 rings (SSSR count). The summed E-state index contributed by atoms with van der Waals surface area (Å²) in [6.45, 7) is 2.28. The van der Waals surface area contributed by atoms with Gasteiger partial charge in [0.05, 0.1) is 15.1 Å². The Hall–Kier alpha value is 0.0900. The van der Waals surface area contributed by atoms with E-state index in [-0.39, 0.29) is 5.97 Å². The van der Waals surface area contributed by atoms with Crippen molar-refractivity contribution in [3.8, 4) is 0 Å². The van der Waals surface area contributed by atoms with Crippen molar-refractivity contribution in [2.75, 3.05) is 6.61 Å². The largest absolute Gasteiger partial charge is 0.462 e. The summed E-state index contributed by atoms with van der Waals surface area (Å²) in [5, 5.41) is 3.45. The fourth-order valence-electron chi connectivity index (χ4n) is 3.05. The number of hydrogen-bond acceptors (Lipinski definition) is 6. The Morgan fingerprint density at radius 2 is 1.95 bits per heavy atom. The number of rotatable bonds is 2. The average molecular weight is 343 g/mol. The van der Waals surface area contributed by atoms with E-state index >= 15 is 0 Å². The first-order valence-corrected chi connectivity index (χ1v) is 10.2. The number of carbonyl (C=O) groups excluding carboxylic acids is 1. The molecule has 2 heterocycles. The molecule has 1 saturated heterocycles. The Morgan fingerprint density at radius 3 is 2.60 bits per heavy atom. The maximum Gasteiger partial charge on any atom is 0.345 e. The molecule has 0 aromatic heterocycles. The number of allylic oxidation sites excluding steroid dienone is 2. The van der Waals surface area contributed by atoms with Gasteiger partial charge in [-0.25, -0.2) is 4.79 Å². The Kier molecular flexibility index (Phi) is 3.69. The van der Waals surface area contributed by atoms with Crippen LogP contribution in [-0.2, 0) is 9.53 Å². The highest BCUT2D eigenvalue weighted by molar-refractivity contribution is 8.33. The van der Waals surface area contributed by atoms with E-state index in [1.165, 1.54) is 14.9 Å². The van der Waals surface area contributed by atoms with E-state index in [0.717, 1.165) is 27.2 Å². The van der Waals surface area contributed by atoms with Gasteiger partial charge in [0.2, 0.25) is 0 Å². The van der Waals surface area contributed by atoms with Crippen LogP contribution < -0.4 is 0 Å². The first kappa shape index (κ1) is 13.7. The molecule has 0 aromatic carbocycles. The molecule has 106 valence electrons. The van der Waals surface area contributed by atoms with Gasteiger partial charge in [0.1, 0.15) is 4.91 Å². The predicted octanol–water partition coefficient (Wildman–Crippen LogP) is 4.42. The van der Waals surface area contributed by atoms with Gasteiger partial charge in [0, 0.05) is 10.5 Å². The maximum atomic E-state index is 11.7. The van der Waals surface area contributed by atoms with Gasteiger partial charge >= 0.3 is 5.97 Å². The fraction of sp³-hybridized carbons (Fsp3) is 0.500. The van der Waals surface area contributed by atoms with Crippen molar-refractivity contribution in [2.24, 2.45) is 11.8 Å². The van der Waals surface area contributed by atoms with Crippen LogP contribution in [0.1, 0.15) is 13.3 Å². The van der Waals surface area contributed by atoms with Crippen LogP contribution >= 0.6 is 47.0 Å². The topological polar surface area (TPSA) is 26.3 Å². The summed E-state index contributed by atoms with van der Waals surface area (Å²) in [5.74, 6) is 1.36. The number of hydrogen-bond donors (Lipinski definition) is 0. The Labute approximate surface area is 135 Å². The van der Waals surface area contributed by atoms with Gasteiger partial charge in [-0.05, 0) is 30.6 Å². The molecule has 2 aliphatic heterocycles. The monoisotopic (exact) mass is 342 g/mol. The molecule has 0 N–H and O–H groups in total. The highest BCUT2D eigenvalue weighted by Gasteiger charge is 2.50. The van der Waals surface area contributed by atoms with Crippen molar-refractivity contribution < 1.29 is 9.53 Å². The number of fused-ring (bicyclic) bond motifs is 5. The summed E-state index contributed by atoms with van der Waals surface area (Å²) in [6.07, 6.45) is 6.17. The molecule has 0 spiro atoms. The average Bonchev–Trinajstić information content (AvgIpc) is 3.19. The van der Waals surface area contributed by atoms with E-state index < -0.39 is 0 Å². The standard InChI is InChI=1S/C14H14O2S4/c1-2-16-12(15)9-6-17-13(18-9)14-19-10-7-3-4-8(5-7)11(10)20-14/h3-4,6-8,10-11H,2,5H2,1H3. The minimum absolute atomic E-state index is 0.185. The third-order valence-electron chi connectivity index (χ3n) is 3.92. The minimum Gasteiger partial charge on any atom is -0.462 e. The lowest BCUT2D eigenvalue weighted by molar-refractivity contribution is -0.137. The van der Waals surface area contributed by atoms with Crippen LogP contribution in [0.25, 0.3) is 0 Å². The molecule has 0 aromatic rings. The lowest BCUT2D eigenvalue weighted by atomic mass is 10.1. The molecular formula is C14H14O2S4. The van der Waals surface area contributed by atoms with Crippen LogP contribution in [0.15, 0.2) is 30.9 Å². The van der Waals surface area contributed by atoms with E-state index in [1.54, 1.807) is 23.5 Å². The molecule has 0 amide bonds. The molecule has 1 saturated carbocycles. The molecule has 0 radical (unpaired) electrons. The summed E-state index contributed by atoms with van der Waals surface area (Å²) in [5.41, 5.74) is 0. The van der Waals surface area contributed by atoms with E-state index in [9.17, 15) is 4.79 Å². The summed E-state index contributed by atoms with van der Waals surface area (Å²) in [4.78, 5) is 12.5. The van der Waals surface area contributed by atoms with Gasteiger partial charge in [-0.15, -0.1) is 23.5 Å². The van der Waals surface area contributed by atoms with Gasteiger partial charge in [-0.1, -0.05) is 35.7 Å². The van der Waals surface area contributed by atoms with Crippen molar-refractivity contribution in [3.63, 3.8) is 0 Å². The van der Waals surface area contributed by atoms with E-state index in [4.69, 9.17) is 4.74 Å². The molecule has 2 aliphatic carbocycles. The molecule has 2 fully saturated rings. The van der Waals surface area contributed by atoms with Gasteiger partial charge in [0.25, 0.3) is 0 Å². The molecule has 4 atom stereocenters. The van der Waals surface area contributed by atoms with Crippen molar-refractivity contribution in [3.05, 3.63) is 30.9 Å². The summed E-state index contributed by atoms with van der Waals surface area (Å²) in [6, 6.07) is 0. The van der Waals surface area contributed by atoms with Crippen molar-refractivity contribution in [2.45, 2.75) is 23.8 Å². The molecule has 4 unspecified atom stereocenters. The Morgan fingerprint density at radius 1 is 1.25 bits per heavy atom. The van der Waals surface area contributed by atoms with Crippen LogP contribution in [0.3, 0.4) is 0 Å². The van der Waals surface area contributed by atoms with Crippen LogP contribution in [0.4, 0.5) is 0 Å². The summed E-state index contributed by atoms with van der Waals surface area (Å²) < 4.78 is 7.76. The molecule has 2 bridgehead atoms. The first-order valence-electron chi connectivity index (χ1n) is 6.74. The number of ether oxygens (including phenoxy) is 1. The minimum atomic E-state index is -0.185. The predicted molar refractivity (Wildman–Crippen MR) is 90.4 cm³/mol. The molecular weight excluding hydrogens is 328 g/mol. The van der Waals surface area contributed by atoms with E-state index in [0.29, 0.717) is 6.61 Å². The van der Waals surface area contributed by atoms with Gasteiger partial charge in [-0.3, -0.25) is 0 Å². The number of carbonyl (C=O) groups is 1. The number of thioether (sulfide) groups is 4. The van der Waals surface area contributed by atoms with Crippen molar-refractivity contribution >= 4 is 53.0 Å². The molecule has 6 heteroatoms. The van der Waals surface area contributed by atoms with Crippen molar-refractivity contribution in [1.29, 1.82) is 0 Å². The maximum absolute atomic E-state index is 11.7. The first-order chi connectivity index (χ1) is 9.76. The van der Waals surface area contributed by atoms with Gasteiger partial charge < -0.3 is 4.74 Å². The smallest absolute Gasteiger partial charge is 0.345 e. The second kappa shape index (κ2) is 5.38. The van der Waals surface area contributed by atoms with Gasteiger partial charge in [0.15, 0.2) is 0 Å². The normalized spacial score (nSPS) is 37.5. The third-order valence-corrected chi connectivity index (χ3v) is 10.2.